The third kappa shape index (κ3) is 2.10. The molecular weight excluding hydrogens is 196 g/mol. The Morgan fingerprint density at radius 2 is 1.93 bits per heavy atom. The molecule has 0 heterocycles. The van der Waals surface area contributed by atoms with Crippen LogP contribution in [0.3, 0.4) is 0 Å². The van der Waals surface area contributed by atoms with Crippen molar-refractivity contribution in [3.63, 3.8) is 0 Å². The van der Waals surface area contributed by atoms with Crippen molar-refractivity contribution in [1.29, 1.82) is 0 Å². The molecule has 0 radical (unpaired) electrons. The summed E-state index contributed by atoms with van der Waals surface area (Å²) in [5, 5.41) is 10.8. The molecule has 0 saturated heterocycles. The van der Waals surface area contributed by atoms with Crippen molar-refractivity contribution in [2.75, 3.05) is 0 Å². The molecule has 1 fully saturated rings. The van der Waals surface area contributed by atoms with Crippen LogP contribution in [0, 0.1) is 5.92 Å². The van der Waals surface area contributed by atoms with E-state index in [0.717, 1.165) is 24.3 Å². The highest BCUT2D eigenvalue weighted by Gasteiger charge is 2.39. The van der Waals surface area contributed by atoms with Crippen molar-refractivity contribution in [1.82, 2.24) is 0 Å². The predicted octanol–water partition coefficient (Wildman–Crippen LogP) is 3.04. The summed E-state index contributed by atoms with van der Waals surface area (Å²) in [5.41, 5.74) is 0.719. The lowest BCUT2D eigenvalue weighted by atomic mass is 9.69. The van der Waals surface area contributed by atoms with Crippen molar-refractivity contribution in [2.24, 2.45) is 5.92 Å². The summed E-state index contributed by atoms with van der Waals surface area (Å²) in [6.07, 6.45) is 2.61. The lowest BCUT2D eigenvalue weighted by Crippen LogP contribution is -2.44. The van der Waals surface area contributed by atoms with Gasteiger partial charge in [0.25, 0.3) is 0 Å². The van der Waals surface area contributed by atoms with E-state index in [1.807, 2.05) is 24.3 Å². The van der Waals surface area contributed by atoms with Gasteiger partial charge in [0.15, 0.2) is 0 Å². The zero-order chi connectivity index (χ0) is 10.2. The number of hydrogen-bond donors (Lipinski definition) is 1. The quantitative estimate of drug-likeness (QED) is 0.796. The molecule has 1 saturated carbocycles. The first-order chi connectivity index (χ1) is 6.57. The van der Waals surface area contributed by atoms with Crippen LogP contribution in [0.25, 0.3) is 0 Å². The van der Waals surface area contributed by atoms with Gasteiger partial charge in [-0.2, -0.15) is 0 Å². The van der Waals surface area contributed by atoms with E-state index in [9.17, 15) is 5.11 Å². The molecule has 1 aliphatic rings. The van der Waals surface area contributed by atoms with Crippen LogP contribution in [0.1, 0.15) is 25.3 Å². The standard InChI is InChI=1S/C12H15ClO/c1-9-6-12(14,7-9)8-10-2-4-11(13)5-3-10/h2-5,9,14H,6-8H2,1H3. The van der Waals surface area contributed by atoms with E-state index in [1.165, 1.54) is 5.56 Å². The molecule has 0 atom stereocenters. The maximum absolute atomic E-state index is 10.1. The Bertz CT molecular complexity index is 312. The maximum atomic E-state index is 10.1. The minimum atomic E-state index is -0.451. The molecule has 0 amide bonds. The second-order valence-electron chi connectivity index (χ2n) is 4.54. The SMILES string of the molecule is CC1CC(O)(Cc2ccc(Cl)cc2)C1. The van der Waals surface area contributed by atoms with E-state index in [4.69, 9.17) is 11.6 Å². The Kier molecular flexibility index (Phi) is 2.54. The molecule has 2 rings (SSSR count). The Hall–Kier alpha value is -0.530. The second kappa shape index (κ2) is 3.56. The van der Waals surface area contributed by atoms with Crippen LogP contribution in [0.15, 0.2) is 24.3 Å². The van der Waals surface area contributed by atoms with E-state index in [-0.39, 0.29) is 0 Å². The van der Waals surface area contributed by atoms with E-state index < -0.39 is 5.60 Å². The number of benzene rings is 1. The molecule has 0 aliphatic heterocycles. The Balaban J connectivity index is 2.01. The van der Waals surface area contributed by atoms with Gasteiger partial charge >= 0.3 is 0 Å². The summed E-state index contributed by atoms with van der Waals surface area (Å²) in [4.78, 5) is 0. The normalized spacial score (nSPS) is 31.2. The highest BCUT2D eigenvalue weighted by Crippen LogP contribution is 2.39. The molecule has 1 aromatic carbocycles. The summed E-state index contributed by atoms with van der Waals surface area (Å²) in [7, 11) is 0. The molecule has 1 aromatic rings. The van der Waals surface area contributed by atoms with E-state index >= 15 is 0 Å². The fourth-order valence-electron chi connectivity index (χ4n) is 2.36. The van der Waals surface area contributed by atoms with Crippen LogP contribution in [0.4, 0.5) is 0 Å². The van der Waals surface area contributed by atoms with Crippen molar-refractivity contribution in [3.8, 4) is 0 Å². The topological polar surface area (TPSA) is 20.2 Å². The number of halogens is 1. The van der Waals surface area contributed by atoms with Gasteiger partial charge in [-0.3, -0.25) is 0 Å². The van der Waals surface area contributed by atoms with Crippen LogP contribution < -0.4 is 0 Å². The van der Waals surface area contributed by atoms with Crippen molar-refractivity contribution in [2.45, 2.75) is 31.8 Å². The first-order valence-corrected chi connectivity index (χ1v) is 5.42. The van der Waals surface area contributed by atoms with Crippen LogP contribution in [0.5, 0.6) is 0 Å². The minimum Gasteiger partial charge on any atom is -0.390 e. The van der Waals surface area contributed by atoms with Gasteiger partial charge in [0.1, 0.15) is 0 Å². The first-order valence-electron chi connectivity index (χ1n) is 5.04. The zero-order valence-electron chi connectivity index (χ0n) is 8.33. The zero-order valence-corrected chi connectivity index (χ0v) is 9.09. The summed E-state index contributed by atoms with van der Waals surface area (Å²) in [6, 6.07) is 7.73. The summed E-state index contributed by atoms with van der Waals surface area (Å²) in [6.45, 7) is 2.18. The monoisotopic (exact) mass is 210 g/mol. The fourth-order valence-corrected chi connectivity index (χ4v) is 2.49. The third-order valence-corrected chi connectivity index (χ3v) is 3.16. The number of hydrogen-bond acceptors (Lipinski definition) is 1. The Morgan fingerprint density at radius 1 is 1.36 bits per heavy atom. The highest BCUT2D eigenvalue weighted by atomic mass is 35.5. The Labute approximate surface area is 89.7 Å². The second-order valence-corrected chi connectivity index (χ2v) is 4.98. The van der Waals surface area contributed by atoms with E-state index in [2.05, 4.69) is 6.92 Å². The molecule has 76 valence electrons. The van der Waals surface area contributed by atoms with Gasteiger partial charge in [-0.25, -0.2) is 0 Å². The molecule has 0 unspecified atom stereocenters. The van der Waals surface area contributed by atoms with Crippen molar-refractivity contribution >= 4 is 11.6 Å². The van der Waals surface area contributed by atoms with E-state index in [0.29, 0.717) is 5.92 Å². The predicted molar refractivity (Wildman–Crippen MR) is 58.5 cm³/mol. The smallest absolute Gasteiger partial charge is 0.0693 e. The third-order valence-electron chi connectivity index (χ3n) is 2.90. The van der Waals surface area contributed by atoms with Gasteiger partial charge in [0.05, 0.1) is 5.60 Å². The average molecular weight is 211 g/mol. The van der Waals surface area contributed by atoms with Crippen LogP contribution in [-0.4, -0.2) is 10.7 Å². The van der Waals surface area contributed by atoms with Gasteiger partial charge in [0, 0.05) is 11.4 Å². The molecule has 1 nitrogen and oxygen atoms in total. The highest BCUT2D eigenvalue weighted by molar-refractivity contribution is 6.30. The molecule has 0 aromatic heterocycles. The largest absolute Gasteiger partial charge is 0.390 e. The molecular formula is C12H15ClO. The fraction of sp³-hybridized carbons (Fsp3) is 0.500. The molecule has 2 heteroatoms. The number of aliphatic hydroxyl groups is 1. The first kappa shape index (κ1) is 10.0. The van der Waals surface area contributed by atoms with Crippen LogP contribution >= 0.6 is 11.6 Å². The van der Waals surface area contributed by atoms with Crippen LogP contribution in [-0.2, 0) is 6.42 Å². The minimum absolute atomic E-state index is 0.451. The average Bonchev–Trinajstić information content (AvgIpc) is 2.07. The van der Waals surface area contributed by atoms with Gasteiger partial charge in [-0.1, -0.05) is 30.7 Å². The van der Waals surface area contributed by atoms with Crippen molar-refractivity contribution < 1.29 is 5.11 Å². The summed E-state index contributed by atoms with van der Waals surface area (Å²) >= 11 is 5.79. The maximum Gasteiger partial charge on any atom is 0.0693 e. The van der Waals surface area contributed by atoms with Gasteiger partial charge in [0.2, 0.25) is 0 Å². The number of rotatable bonds is 2. The Morgan fingerprint density at radius 3 is 2.43 bits per heavy atom. The molecule has 1 aliphatic carbocycles. The summed E-state index contributed by atoms with van der Waals surface area (Å²) in [5.74, 6) is 0.673. The van der Waals surface area contributed by atoms with Crippen molar-refractivity contribution in [3.05, 3.63) is 34.9 Å². The summed E-state index contributed by atoms with van der Waals surface area (Å²) < 4.78 is 0. The lowest BCUT2D eigenvalue weighted by Gasteiger charge is -2.42. The molecule has 1 N–H and O–H groups in total. The lowest BCUT2D eigenvalue weighted by molar-refractivity contribution is -0.0665. The van der Waals surface area contributed by atoms with E-state index in [1.54, 1.807) is 0 Å². The van der Waals surface area contributed by atoms with Gasteiger partial charge in [-0.05, 0) is 36.5 Å². The molecule has 14 heavy (non-hydrogen) atoms. The molecule has 0 bridgehead atoms. The van der Waals surface area contributed by atoms with Crippen LogP contribution in [0.2, 0.25) is 5.02 Å². The van der Waals surface area contributed by atoms with Gasteiger partial charge < -0.3 is 5.11 Å². The van der Waals surface area contributed by atoms with Gasteiger partial charge in [-0.15, -0.1) is 0 Å². The molecule has 0 spiro atoms.